The predicted molar refractivity (Wildman–Crippen MR) is 106 cm³/mol. The molecule has 0 aromatic heterocycles. The molecule has 140 valence electrons. The molecule has 0 radical (unpaired) electrons. The largest absolute Gasteiger partial charge is 0.491 e. The molecule has 1 heterocycles. The number of rotatable bonds is 5. The zero-order chi connectivity index (χ0) is 19.7. The fraction of sp³-hybridized carbons (Fsp3) is 0.273. The maximum Gasteiger partial charge on any atom is 0.277 e. The Kier molecular flexibility index (Phi) is 5.04. The van der Waals surface area contributed by atoms with E-state index in [-0.39, 0.29) is 17.9 Å². The quantitative estimate of drug-likeness (QED) is 0.817. The van der Waals surface area contributed by atoms with E-state index in [2.05, 4.69) is 5.32 Å². The highest BCUT2D eigenvalue weighted by Crippen LogP contribution is 2.32. The molecular weight excluding hydrogens is 340 g/mol. The van der Waals surface area contributed by atoms with Crippen LogP contribution >= 0.6 is 0 Å². The number of hydrogen-bond acceptors (Lipinski definition) is 4. The van der Waals surface area contributed by atoms with Gasteiger partial charge in [0.1, 0.15) is 11.4 Å². The van der Waals surface area contributed by atoms with Crippen molar-refractivity contribution in [2.24, 2.45) is 0 Å². The summed E-state index contributed by atoms with van der Waals surface area (Å²) in [6.45, 7) is 7.87. The summed E-state index contributed by atoms with van der Waals surface area (Å²) < 4.78 is 5.64. The Morgan fingerprint density at radius 3 is 2.22 bits per heavy atom. The molecule has 0 aliphatic carbocycles. The van der Waals surface area contributed by atoms with Crippen LogP contribution in [0.5, 0.6) is 5.75 Å². The number of hydrogen-bond donors (Lipinski definition) is 1. The Hall–Kier alpha value is -3.08. The molecule has 3 rings (SSSR count). The van der Waals surface area contributed by atoms with Gasteiger partial charge >= 0.3 is 0 Å². The second kappa shape index (κ2) is 7.27. The van der Waals surface area contributed by atoms with Crippen molar-refractivity contribution >= 4 is 23.1 Å². The summed E-state index contributed by atoms with van der Waals surface area (Å²) in [6.07, 6.45) is 0.0883. The standard InChI is InChI=1S/C22H24N2O3/c1-13(2)27-17-9-7-16(8-10-17)23-20-19(21(25)24(5)22(20)26)18-11-6-14(3)12-15(18)4/h6-13,23H,1-5H3. The number of anilines is 1. The molecule has 0 saturated carbocycles. The van der Waals surface area contributed by atoms with Crippen molar-refractivity contribution in [3.05, 3.63) is 64.9 Å². The molecule has 0 spiro atoms. The van der Waals surface area contributed by atoms with E-state index in [0.717, 1.165) is 33.0 Å². The van der Waals surface area contributed by atoms with Crippen LogP contribution in [0, 0.1) is 13.8 Å². The maximum atomic E-state index is 12.7. The molecule has 0 bridgehead atoms. The van der Waals surface area contributed by atoms with E-state index < -0.39 is 0 Å². The first-order chi connectivity index (χ1) is 12.8. The highest BCUT2D eigenvalue weighted by Gasteiger charge is 2.37. The third-order valence-electron chi connectivity index (χ3n) is 4.43. The Labute approximate surface area is 159 Å². The molecule has 2 aromatic rings. The van der Waals surface area contributed by atoms with Crippen LogP contribution in [-0.4, -0.2) is 29.9 Å². The van der Waals surface area contributed by atoms with Gasteiger partial charge in [-0.25, -0.2) is 0 Å². The van der Waals surface area contributed by atoms with Gasteiger partial charge in [0.25, 0.3) is 11.8 Å². The number of nitrogens with one attached hydrogen (secondary N) is 1. The number of likely N-dealkylation sites (N-methyl/N-ethyl adjacent to an activating group) is 1. The summed E-state index contributed by atoms with van der Waals surface area (Å²) in [5.41, 5.74) is 4.26. The fourth-order valence-electron chi connectivity index (χ4n) is 3.13. The second-order valence-electron chi connectivity index (χ2n) is 7.05. The molecule has 2 amide bonds. The highest BCUT2D eigenvalue weighted by atomic mass is 16.5. The number of carbonyl (C=O) groups excluding carboxylic acids is 2. The van der Waals surface area contributed by atoms with Gasteiger partial charge in [-0.05, 0) is 63.1 Å². The molecule has 0 saturated heterocycles. The van der Waals surface area contributed by atoms with E-state index in [1.807, 2.05) is 70.2 Å². The van der Waals surface area contributed by atoms with Crippen molar-refractivity contribution in [2.45, 2.75) is 33.8 Å². The fourth-order valence-corrected chi connectivity index (χ4v) is 3.13. The van der Waals surface area contributed by atoms with E-state index in [0.29, 0.717) is 11.3 Å². The van der Waals surface area contributed by atoms with Gasteiger partial charge in [-0.15, -0.1) is 0 Å². The van der Waals surface area contributed by atoms with Crippen LogP contribution in [0.2, 0.25) is 0 Å². The summed E-state index contributed by atoms with van der Waals surface area (Å²) >= 11 is 0. The molecule has 1 N–H and O–H groups in total. The number of aryl methyl sites for hydroxylation is 2. The molecule has 27 heavy (non-hydrogen) atoms. The summed E-state index contributed by atoms with van der Waals surface area (Å²) in [6, 6.07) is 13.2. The van der Waals surface area contributed by atoms with Crippen molar-refractivity contribution < 1.29 is 14.3 Å². The lowest BCUT2D eigenvalue weighted by molar-refractivity contribution is -0.135. The number of amides is 2. The number of nitrogens with zero attached hydrogens (tertiary/aromatic N) is 1. The summed E-state index contributed by atoms with van der Waals surface area (Å²) in [5, 5.41) is 3.13. The molecule has 5 heteroatoms. The van der Waals surface area contributed by atoms with Crippen LogP contribution in [0.15, 0.2) is 48.2 Å². The van der Waals surface area contributed by atoms with Crippen molar-refractivity contribution in [1.82, 2.24) is 4.90 Å². The van der Waals surface area contributed by atoms with Crippen LogP contribution in [0.1, 0.15) is 30.5 Å². The van der Waals surface area contributed by atoms with Crippen LogP contribution < -0.4 is 10.1 Å². The SMILES string of the molecule is Cc1ccc(C2=C(Nc3ccc(OC(C)C)cc3)C(=O)N(C)C2=O)c(C)c1. The van der Waals surface area contributed by atoms with Crippen molar-refractivity contribution in [1.29, 1.82) is 0 Å². The molecule has 0 fully saturated rings. The Morgan fingerprint density at radius 1 is 0.963 bits per heavy atom. The van der Waals surface area contributed by atoms with Crippen molar-refractivity contribution in [2.75, 3.05) is 12.4 Å². The lowest BCUT2D eigenvalue weighted by atomic mass is 9.97. The first-order valence-electron chi connectivity index (χ1n) is 8.96. The van der Waals surface area contributed by atoms with E-state index in [4.69, 9.17) is 4.74 Å². The van der Waals surface area contributed by atoms with E-state index >= 15 is 0 Å². The molecule has 0 atom stereocenters. The molecule has 1 aliphatic heterocycles. The lowest BCUT2D eigenvalue weighted by Crippen LogP contribution is -2.27. The molecule has 5 nitrogen and oxygen atoms in total. The van der Waals surface area contributed by atoms with Gasteiger partial charge in [0.15, 0.2) is 0 Å². The second-order valence-corrected chi connectivity index (χ2v) is 7.05. The lowest BCUT2D eigenvalue weighted by Gasteiger charge is -2.12. The Balaban J connectivity index is 1.99. The van der Waals surface area contributed by atoms with E-state index in [9.17, 15) is 9.59 Å². The normalized spacial score (nSPS) is 14.4. The zero-order valence-corrected chi connectivity index (χ0v) is 16.3. The molecule has 0 unspecified atom stereocenters. The average molecular weight is 364 g/mol. The molecule has 2 aromatic carbocycles. The third kappa shape index (κ3) is 3.72. The smallest absolute Gasteiger partial charge is 0.277 e. The minimum atomic E-state index is -0.336. The minimum absolute atomic E-state index is 0.0883. The third-order valence-corrected chi connectivity index (χ3v) is 4.43. The van der Waals surface area contributed by atoms with Gasteiger partial charge in [-0.2, -0.15) is 0 Å². The van der Waals surface area contributed by atoms with Gasteiger partial charge < -0.3 is 10.1 Å². The van der Waals surface area contributed by atoms with Gasteiger partial charge in [0, 0.05) is 12.7 Å². The summed E-state index contributed by atoms with van der Waals surface area (Å²) in [4.78, 5) is 26.5. The summed E-state index contributed by atoms with van der Waals surface area (Å²) in [7, 11) is 1.50. The van der Waals surface area contributed by atoms with Crippen LogP contribution in [0.4, 0.5) is 5.69 Å². The average Bonchev–Trinajstić information content (AvgIpc) is 2.81. The molecular formula is C22H24N2O3. The van der Waals surface area contributed by atoms with Gasteiger partial charge in [-0.3, -0.25) is 14.5 Å². The highest BCUT2D eigenvalue weighted by molar-refractivity contribution is 6.36. The predicted octanol–water partition coefficient (Wildman–Crippen LogP) is 3.91. The summed E-state index contributed by atoms with van der Waals surface area (Å²) in [5.74, 6) is 0.122. The minimum Gasteiger partial charge on any atom is -0.491 e. The number of imide groups is 1. The topological polar surface area (TPSA) is 58.6 Å². The zero-order valence-electron chi connectivity index (χ0n) is 16.3. The van der Waals surface area contributed by atoms with Crippen LogP contribution in [0.25, 0.3) is 5.57 Å². The number of carbonyl (C=O) groups is 2. The van der Waals surface area contributed by atoms with E-state index in [1.165, 1.54) is 7.05 Å². The number of ether oxygens (including phenoxy) is 1. The van der Waals surface area contributed by atoms with Gasteiger partial charge in [0.05, 0.1) is 11.7 Å². The van der Waals surface area contributed by atoms with Crippen molar-refractivity contribution in [3.63, 3.8) is 0 Å². The van der Waals surface area contributed by atoms with Crippen LogP contribution in [-0.2, 0) is 9.59 Å². The number of benzene rings is 2. The Bertz CT molecular complexity index is 927. The maximum absolute atomic E-state index is 12.7. The van der Waals surface area contributed by atoms with Crippen LogP contribution in [0.3, 0.4) is 0 Å². The monoisotopic (exact) mass is 364 g/mol. The first kappa shape index (κ1) is 18.7. The van der Waals surface area contributed by atoms with Gasteiger partial charge in [0.2, 0.25) is 0 Å². The Morgan fingerprint density at radius 2 is 1.63 bits per heavy atom. The van der Waals surface area contributed by atoms with Crippen molar-refractivity contribution in [3.8, 4) is 5.75 Å². The first-order valence-corrected chi connectivity index (χ1v) is 8.96. The molecule has 1 aliphatic rings. The van der Waals surface area contributed by atoms with E-state index in [1.54, 1.807) is 0 Å². The van der Waals surface area contributed by atoms with Gasteiger partial charge in [-0.1, -0.05) is 23.8 Å².